The van der Waals surface area contributed by atoms with Gasteiger partial charge in [0.25, 0.3) is 0 Å². The van der Waals surface area contributed by atoms with Crippen LogP contribution < -0.4 is 10.5 Å². The van der Waals surface area contributed by atoms with E-state index >= 15 is 0 Å². The summed E-state index contributed by atoms with van der Waals surface area (Å²) >= 11 is 1.57. The molecule has 172 valence electrons. The molecule has 0 saturated heterocycles. The molecule has 8 nitrogen and oxygen atoms in total. The monoisotopic (exact) mass is 471 g/mol. The number of pyridine rings is 1. The Balaban J connectivity index is 1.66. The first-order valence-corrected chi connectivity index (χ1v) is 11.1. The average molecular weight is 472 g/mol. The summed E-state index contributed by atoms with van der Waals surface area (Å²) in [6.07, 6.45) is 2.33. The van der Waals surface area contributed by atoms with Crippen molar-refractivity contribution in [2.45, 2.75) is 13.3 Å². The Morgan fingerprint density at radius 1 is 1.18 bits per heavy atom. The number of nitrogens with two attached hydrogens (primary N) is 1. The maximum atomic E-state index is 15.0. The van der Waals surface area contributed by atoms with Crippen LogP contribution in [0.4, 0.5) is 14.6 Å². The van der Waals surface area contributed by atoms with Gasteiger partial charge in [0, 0.05) is 23.2 Å². The van der Waals surface area contributed by atoms with E-state index in [0.717, 1.165) is 27.2 Å². The zero-order valence-electron chi connectivity index (χ0n) is 18.4. The molecule has 0 saturated carbocycles. The fraction of sp³-hybridized carbons (Fsp3) is 0.273. The quantitative estimate of drug-likeness (QED) is 0.389. The summed E-state index contributed by atoms with van der Waals surface area (Å²) in [5, 5.41) is 13.5. The van der Waals surface area contributed by atoms with Crippen molar-refractivity contribution in [3.8, 4) is 33.3 Å². The second-order valence-electron chi connectivity index (χ2n) is 7.78. The van der Waals surface area contributed by atoms with E-state index in [0.29, 0.717) is 12.0 Å². The molecule has 0 aliphatic carbocycles. The fourth-order valence-electron chi connectivity index (χ4n) is 3.25. The molecule has 0 spiro atoms. The van der Waals surface area contributed by atoms with Crippen molar-refractivity contribution in [2.75, 3.05) is 33.0 Å². The van der Waals surface area contributed by atoms with E-state index in [1.807, 2.05) is 37.4 Å². The molecule has 0 fully saturated rings. The Morgan fingerprint density at radius 3 is 2.73 bits per heavy atom. The highest BCUT2D eigenvalue weighted by atomic mass is 32.1. The van der Waals surface area contributed by atoms with E-state index in [1.165, 1.54) is 12.1 Å². The Kier molecular flexibility index (Phi) is 6.61. The second kappa shape index (κ2) is 9.59. The van der Waals surface area contributed by atoms with Crippen molar-refractivity contribution in [1.29, 1.82) is 0 Å². The molecule has 2 N–H and O–H groups in total. The van der Waals surface area contributed by atoms with Gasteiger partial charge in [-0.2, -0.15) is 9.07 Å². The molecule has 0 atom stereocenters. The van der Waals surface area contributed by atoms with E-state index in [9.17, 15) is 8.78 Å². The van der Waals surface area contributed by atoms with Gasteiger partial charge in [-0.3, -0.25) is 0 Å². The van der Waals surface area contributed by atoms with Crippen molar-refractivity contribution in [3.63, 3.8) is 0 Å². The molecule has 11 heteroatoms. The van der Waals surface area contributed by atoms with Crippen molar-refractivity contribution in [2.24, 2.45) is 0 Å². The lowest BCUT2D eigenvalue weighted by Gasteiger charge is -2.13. The van der Waals surface area contributed by atoms with Crippen LogP contribution in [0.1, 0.15) is 12.0 Å². The maximum Gasteiger partial charge on any atom is 0.202 e. The van der Waals surface area contributed by atoms with E-state index in [-0.39, 0.29) is 29.7 Å². The molecular formula is C22H23F2N7OS. The third-order valence-electron chi connectivity index (χ3n) is 4.91. The van der Waals surface area contributed by atoms with E-state index < -0.39 is 11.6 Å². The number of halogens is 2. The van der Waals surface area contributed by atoms with E-state index in [4.69, 9.17) is 10.5 Å². The van der Waals surface area contributed by atoms with Crippen molar-refractivity contribution < 1.29 is 13.5 Å². The molecule has 3 heterocycles. The van der Waals surface area contributed by atoms with Crippen LogP contribution in [0, 0.1) is 18.6 Å². The highest BCUT2D eigenvalue weighted by Gasteiger charge is 2.22. The Morgan fingerprint density at radius 2 is 2.00 bits per heavy atom. The smallest absolute Gasteiger partial charge is 0.202 e. The molecule has 1 aromatic carbocycles. The number of nitrogen functional groups attached to an aromatic ring is 1. The number of ether oxygens (including phenoxy) is 1. The van der Waals surface area contributed by atoms with Crippen molar-refractivity contribution in [1.82, 2.24) is 30.1 Å². The summed E-state index contributed by atoms with van der Waals surface area (Å²) in [4.78, 5) is 7.23. The molecule has 4 rings (SSSR count). The van der Waals surface area contributed by atoms with Crippen LogP contribution in [0.2, 0.25) is 0 Å². The van der Waals surface area contributed by atoms with Gasteiger partial charge in [-0.1, -0.05) is 0 Å². The maximum absolute atomic E-state index is 15.0. The summed E-state index contributed by atoms with van der Waals surface area (Å²) in [5.74, 6) is -2.07. The molecule has 0 aliphatic heterocycles. The number of tetrazole rings is 1. The first-order chi connectivity index (χ1) is 15.8. The largest absolute Gasteiger partial charge is 0.490 e. The number of aryl methyl sites for hydroxylation is 1. The van der Waals surface area contributed by atoms with Gasteiger partial charge in [0.1, 0.15) is 11.5 Å². The number of nitrogens with zero attached hydrogens (tertiary/aromatic N) is 6. The number of hydrogen-bond acceptors (Lipinski definition) is 8. The number of thiophene rings is 1. The number of hydrogen-bond donors (Lipinski definition) is 1. The third kappa shape index (κ3) is 4.83. The van der Waals surface area contributed by atoms with Gasteiger partial charge in [0.05, 0.1) is 12.2 Å². The standard InChI is InChI=1S/C22H23F2N7OS/c1-13-9-18(33-12-13)14-10-15(21(25)26-11-14)22-27-28-29-31(22)16-5-6-17(20(24)19(16)23)32-8-4-7-30(2)3/h5-6,9-12H,4,7-8H2,1-3H3,(H2,25,26). The summed E-state index contributed by atoms with van der Waals surface area (Å²) in [5.41, 5.74) is 8.28. The van der Waals surface area contributed by atoms with Gasteiger partial charge in [-0.15, -0.1) is 16.4 Å². The topological polar surface area (TPSA) is 95.0 Å². The molecule has 33 heavy (non-hydrogen) atoms. The van der Waals surface area contributed by atoms with Crippen LogP contribution in [-0.2, 0) is 0 Å². The molecule has 0 aliphatic rings. The van der Waals surface area contributed by atoms with Crippen LogP contribution in [0.25, 0.3) is 27.5 Å². The molecule has 0 radical (unpaired) electrons. The third-order valence-corrected chi connectivity index (χ3v) is 6.00. The van der Waals surface area contributed by atoms with Crippen LogP contribution in [-0.4, -0.2) is 57.3 Å². The van der Waals surface area contributed by atoms with Gasteiger partial charge in [-0.25, -0.2) is 9.37 Å². The normalized spacial score (nSPS) is 11.3. The lowest BCUT2D eigenvalue weighted by Crippen LogP contribution is -2.16. The van der Waals surface area contributed by atoms with Crippen LogP contribution >= 0.6 is 11.3 Å². The summed E-state index contributed by atoms with van der Waals surface area (Å²) in [6.45, 7) is 3.04. The van der Waals surface area contributed by atoms with E-state index in [1.54, 1.807) is 23.6 Å². The number of benzene rings is 1. The SMILES string of the molecule is Cc1csc(-c2cnc(N)c(-c3nnnn3-c3ccc(OCCCN(C)C)c(F)c3F)c2)c1. The fourth-order valence-corrected chi connectivity index (χ4v) is 4.13. The molecule has 4 aromatic rings. The lowest BCUT2D eigenvalue weighted by molar-refractivity contribution is 0.267. The average Bonchev–Trinajstić information content (AvgIpc) is 3.43. The van der Waals surface area contributed by atoms with Gasteiger partial charge < -0.3 is 15.4 Å². The first kappa shape index (κ1) is 22.7. The minimum Gasteiger partial charge on any atom is -0.490 e. The molecule has 0 bridgehead atoms. The molecule has 0 amide bonds. The predicted molar refractivity (Wildman–Crippen MR) is 123 cm³/mol. The summed E-state index contributed by atoms with van der Waals surface area (Å²) in [7, 11) is 3.86. The number of rotatable bonds is 8. The summed E-state index contributed by atoms with van der Waals surface area (Å²) < 4.78 is 36.2. The van der Waals surface area contributed by atoms with Crippen LogP contribution in [0.15, 0.2) is 35.8 Å². The minimum absolute atomic E-state index is 0.146. The molecule has 0 unspecified atom stereocenters. The van der Waals surface area contributed by atoms with Crippen molar-refractivity contribution in [3.05, 3.63) is 53.0 Å². The van der Waals surface area contributed by atoms with Gasteiger partial charge in [-0.05, 0) is 73.1 Å². The van der Waals surface area contributed by atoms with E-state index in [2.05, 4.69) is 20.5 Å². The predicted octanol–water partition coefficient (Wildman–Crippen LogP) is 3.95. The zero-order valence-corrected chi connectivity index (χ0v) is 19.2. The Bertz CT molecular complexity index is 1270. The highest BCUT2D eigenvalue weighted by Crippen LogP contribution is 2.33. The molecule has 3 aromatic heterocycles. The summed E-state index contributed by atoms with van der Waals surface area (Å²) in [6, 6.07) is 6.54. The Hall–Kier alpha value is -3.44. The lowest BCUT2D eigenvalue weighted by atomic mass is 10.1. The number of anilines is 1. The first-order valence-electron chi connectivity index (χ1n) is 10.2. The zero-order chi connectivity index (χ0) is 23.5. The highest BCUT2D eigenvalue weighted by molar-refractivity contribution is 7.13. The van der Waals surface area contributed by atoms with Gasteiger partial charge in [0.2, 0.25) is 5.82 Å². The number of aromatic nitrogens is 5. The molecular weight excluding hydrogens is 448 g/mol. The minimum atomic E-state index is -1.12. The Labute approximate surface area is 193 Å². The van der Waals surface area contributed by atoms with Crippen LogP contribution in [0.5, 0.6) is 5.75 Å². The van der Waals surface area contributed by atoms with Crippen LogP contribution in [0.3, 0.4) is 0 Å². The van der Waals surface area contributed by atoms with Gasteiger partial charge >= 0.3 is 0 Å². The van der Waals surface area contributed by atoms with Gasteiger partial charge in [0.15, 0.2) is 17.4 Å². The van der Waals surface area contributed by atoms with Crippen molar-refractivity contribution >= 4 is 17.2 Å². The second-order valence-corrected chi connectivity index (χ2v) is 8.69.